The Hall–Kier alpha value is -2.10. The fourth-order valence-corrected chi connectivity index (χ4v) is 1.56. The monoisotopic (exact) mass is 216 g/mol. The highest BCUT2D eigenvalue weighted by atomic mass is 16.2. The largest absolute Gasteiger partial charge is 0.361 e. The van der Waals surface area contributed by atoms with Gasteiger partial charge in [-0.1, -0.05) is 0 Å². The molecule has 0 atom stereocenters. The van der Waals surface area contributed by atoms with Gasteiger partial charge in [-0.15, -0.1) is 0 Å². The number of hydrogen-bond acceptors (Lipinski definition) is 2. The number of fused-ring (bicyclic) bond motifs is 1. The third-order valence-electron chi connectivity index (χ3n) is 2.25. The SMILES string of the molecule is CC(=O)CC(=O)Nc1ccc2[nH]ccc2c1. The zero-order valence-electron chi connectivity index (χ0n) is 8.91. The van der Waals surface area contributed by atoms with Crippen LogP contribution in [-0.2, 0) is 9.59 Å². The number of nitrogens with one attached hydrogen (secondary N) is 2. The summed E-state index contributed by atoms with van der Waals surface area (Å²) in [7, 11) is 0. The molecule has 0 bridgehead atoms. The number of H-pyrrole nitrogens is 1. The highest BCUT2D eigenvalue weighted by molar-refractivity contribution is 6.04. The molecule has 0 fully saturated rings. The highest BCUT2D eigenvalue weighted by Gasteiger charge is 2.05. The van der Waals surface area contributed by atoms with Gasteiger partial charge in [0, 0.05) is 22.8 Å². The molecule has 0 aliphatic rings. The lowest BCUT2D eigenvalue weighted by molar-refractivity contribution is -0.124. The standard InChI is InChI=1S/C12H12N2O2/c1-8(15)6-12(16)14-10-2-3-11-9(7-10)4-5-13-11/h2-5,7,13H,6H2,1H3,(H,14,16). The molecular formula is C12H12N2O2. The van der Waals surface area contributed by atoms with Crippen molar-refractivity contribution in [2.75, 3.05) is 5.32 Å². The molecule has 4 heteroatoms. The van der Waals surface area contributed by atoms with E-state index in [1.165, 1.54) is 6.92 Å². The summed E-state index contributed by atoms with van der Waals surface area (Å²) in [6.45, 7) is 1.40. The first-order chi connectivity index (χ1) is 7.65. The van der Waals surface area contributed by atoms with Gasteiger partial charge < -0.3 is 10.3 Å². The Morgan fingerprint density at radius 3 is 2.88 bits per heavy atom. The van der Waals surface area contributed by atoms with Crippen LogP contribution in [0, 0.1) is 0 Å². The van der Waals surface area contributed by atoms with Crippen molar-refractivity contribution in [3.8, 4) is 0 Å². The number of aromatic amines is 1. The molecule has 0 saturated heterocycles. The Morgan fingerprint density at radius 2 is 2.12 bits per heavy atom. The topological polar surface area (TPSA) is 62.0 Å². The number of hydrogen-bond donors (Lipinski definition) is 2. The van der Waals surface area contributed by atoms with Crippen molar-refractivity contribution in [1.82, 2.24) is 4.98 Å². The van der Waals surface area contributed by atoms with Crippen LogP contribution in [0.25, 0.3) is 10.9 Å². The average Bonchev–Trinajstić information content (AvgIpc) is 2.63. The highest BCUT2D eigenvalue weighted by Crippen LogP contribution is 2.17. The summed E-state index contributed by atoms with van der Waals surface area (Å²) in [6, 6.07) is 7.48. The molecule has 0 saturated carbocycles. The minimum atomic E-state index is -0.276. The second-order valence-corrected chi connectivity index (χ2v) is 3.71. The Balaban J connectivity index is 2.14. The summed E-state index contributed by atoms with van der Waals surface area (Å²) in [5.41, 5.74) is 1.72. The maximum Gasteiger partial charge on any atom is 0.231 e. The lowest BCUT2D eigenvalue weighted by Crippen LogP contribution is -2.14. The average molecular weight is 216 g/mol. The van der Waals surface area contributed by atoms with Gasteiger partial charge in [0.1, 0.15) is 5.78 Å². The smallest absolute Gasteiger partial charge is 0.231 e. The predicted molar refractivity (Wildman–Crippen MR) is 62.2 cm³/mol. The molecule has 82 valence electrons. The van der Waals surface area contributed by atoms with Gasteiger partial charge in [0.05, 0.1) is 6.42 Å². The summed E-state index contributed by atoms with van der Waals surface area (Å²) in [4.78, 5) is 25.2. The zero-order valence-corrected chi connectivity index (χ0v) is 8.91. The minimum absolute atomic E-state index is 0.0782. The van der Waals surface area contributed by atoms with Crippen LogP contribution in [0.2, 0.25) is 0 Å². The van der Waals surface area contributed by atoms with E-state index in [0.717, 1.165) is 10.9 Å². The van der Waals surface area contributed by atoms with E-state index in [2.05, 4.69) is 10.3 Å². The first-order valence-electron chi connectivity index (χ1n) is 5.01. The number of rotatable bonds is 3. The number of carbonyl (C=O) groups excluding carboxylic acids is 2. The molecule has 2 N–H and O–H groups in total. The fraction of sp³-hybridized carbons (Fsp3) is 0.167. The van der Waals surface area contributed by atoms with E-state index in [1.807, 2.05) is 24.4 Å². The molecule has 0 unspecified atom stereocenters. The molecule has 0 aliphatic carbocycles. The van der Waals surface area contributed by atoms with E-state index in [4.69, 9.17) is 0 Å². The third-order valence-corrected chi connectivity index (χ3v) is 2.25. The lowest BCUT2D eigenvalue weighted by Gasteiger charge is -2.03. The summed E-state index contributed by atoms with van der Waals surface area (Å²) in [5, 5.41) is 3.71. The van der Waals surface area contributed by atoms with Gasteiger partial charge in [-0.05, 0) is 31.2 Å². The molecule has 1 aromatic carbocycles. The number of aromatic nitrogens is 1. The Labute approximate surface area is 92.7 Å². The predicted octanol–water partition coefficient (Wildman–Crippen LogP) is 2.09. The van der Waals surface area contributed by atoms with Gasteiger partial charge in [0.2, 0.25) is 5.91 Å². The first-order valence-corrected chi connectivity index (χ1v) is 5.01. The number of amides is 1. The van der Waals surface area contributed by atoms with Crippen LogP contribution in [0.5, 0.6) is 0 Å². The maximum atomic E-state index is 11.4. The quantitative estimate of drug-likeness (QED) is 0.771. The van der Waals surface area contributed by atoms with Crippen molar-refractivity contribution in [3.63, 3.8) is 0 Å². The van der Waals surface area contributed by atoms with E-state index >= 15 is 0 Å². The van der Waals surface area contributed by atoms with Gasteiger partial charge in [0.25, 0.3) is 0 Å². The van der Waals surface area contributed by atoms with Gasteiger partial charge in [-0.25, -0.2) is 0 Å². The maximum absolute atomic E-state index is 11.4. The molecule has 0 spiro atoms. The molecule has 2 aromatic rings. The molecule has 1 amide bonds. The molecule has 0 aliphatic heterocycles. The second-order valence-electron chi connectivity index (χ2n) is 3.71. The van der Waals surface area contributed by atoms with E-state index in [0.29, 0.717) is 5.69 Å². The first kappa shape index (κ1) is 10.4. The van der Waals surface area contributed by atoms with E-state index in [1.54, 1.807) is 6.07 Å². The minimum Gasteiger partial charge on any atom is -0.361 e. The van der Waals surface area contributed by atoms with Crippen molar-refractivity contribution in [2.24, 2.45) is 0 Å². The number of anilines is 1. The molecule has 1 aromatic heterocycles. The van der Waals surface area contributed by atoms with Crippen molar-refractivity contribution in [3.05, 3.63) is 30.5 Å². The van der Waals surface area contributed by atoms with Crippen LogP contribution in [0.4, 0.5) is 5.69 Å². The lowest BCUT2D eigenvalue weighted by atomic mass is 10.2. The van der Waals surface area contributed by atoms with Crippen LogP contribution in [0.15, 0.2) is 30.5 Å². The molecule has 0 radical (unpaired) electrons. The Morgan fingerprint density at radius 1 is 1.31 bits per heavy atom. The molecule has 4 nitrogen and oxygen atoms in total. The molecule has 2 rings (SSSR count). The molecule has 1 heterocycles. The Kier molecular flexibility index (Phi) is 2.72. The van der Waals surface area contributed by atoms with Crippen molar-refractivity contribution >= 4 is 28.3 Å². The van der Waals surface area contributed by atoms with Crippen LogP contribution in [0.3, 0.4) is 0 Å². The third kappa shape index (κ3) is 2.28. The van der Waals surface area contributed by atoms with Gasteiger partial charge in [-0.2, -0.15) is 0 Å². The van der Waals surface area contributed by atoms with Crippen LogP contribution in [0.1, 0.15) is 13.3 Å². The second kappa shape index (κ2) is 4.18. The number of Topliss-reactive ketones (excluding diaryl/α,β-unsaturated/α-hetero) is 1. The summed E-state index contributed by atoms with van der Waals surface area (Å²) >= 11 is 0. The van der Waals surface area contributed by atoms with Gasteiger partial charge in [0.15, 0.2) is 0 Å². The zero-order chi connectivity index (χ0) is 11.5. The van der Waals surface area contributed by atoms with E-state index in [9.17, 15) is 9.59 Å². The van der Waals surface area contributed by atoms with Crippen molar-refractivity contribution in [2.45, 2.75) is 13.3 Å². The summed E-state index contributed by atoms with van der Waals surface area (Å²) in [5.74, 6) is -0.414. The molecule has 16 heavy (non-hydrogen) atoms. The van der Waals surface area contributed by atoms with Gasteiger partial charge >= 0.3 is 0 Å². The summed E-state index contributed by atoms with van der Waals surface area (Å²) in [6.07, 6.45) is 1.76. The number of carbonyl (C=O) groups is 2. The van der Waals surface area contributed by atoms with Crippen LogP contribution < -0.4 is 5.32 Å². The van der Waals surface area contributed by atoms with Crippen molar-refractivity contribution in [1.29, 1.82) is 0 Å². The molecular weight excluding hydrogens is 204 g/mol. The number of ketones is 1. The fourth-order valence-electron chi connectivity index (χ4n) is 1.56. The summed E-state index contributed by atoms with van der Waals surface area (Å²) < 4.78 is 0. The number of benzene rings is 1. The van der Waals surface area contributed by atoms with Crippen LogP contribution >= 0.6 is 0 Å². The Bertz CT molecular complexity index is 543. The van der Waals surface area contributed by atoms with Crippen molar-refractivity contribution < 1.29 is 9.59 Å². The van der Waals surface area contributed by atoms with Crippen LogP contribution in [-0.4, -0.2) is 16.7 Å². The van der Waals surface area contributed by atoms with E-state index in [-0.39, 0.29) is 18.1 Å². The van der Waals surface area contributed by atoms with E-state index < -0.39 is 0 Å². The van der Waals surface area contributed by atoms with Gasteiger partial charge in [-0.3, -0.25) is 9.59 Å². The normalized spacial score (nSPS) is 10.3.